The predicted molar refractivity (Wildman–Crippen MR) is 111 cm³/mol. The van der Waals surface area contributed by atoms with Crippen molar-refractivity contribution in [2.24, 2.45) is 11.0 Å². The largest absolute Gasteiger partial charge is 0.493 e. The number of nitrogens with one attached hydrogen (secondary N) is 1. The number of rotatable bonds is 6. The number of benzene rings is 1. The summed E-state index contributed by atoms with van der Waals surface area (Å²) in [6.45, 7) is 4.08. The number of amides is 1. The number of hydrazone groups is 1. The third kappa shape index (κ3) is 4.14. The Labute approximate surface area is 169 Å². The Morgan fingerprint density at radius 3 is 2.43 bits per heavy atom. The van der Waals surface area contributed by atoms with E-state index < -0.39 is 0 Å². The molecule has 1 unspecified atom stereocenters. The van der Waals surface area contributed by atoms with Crippen LogP contribution < -0.4 is 19.6 Å². The van der Waals surface area contributed by atoms with Crippen LogP contribution in [0.25, 0.3) is 0 Å². The van der Waals surface area contributed by atoms with Gasteiger partial charge in [0.1, 0.15) is 0 Å². The van der Waals surface area contributed by atoms with Crippen LogP contribution in [0.1, 0.15) is 45.9 Å². The highest BCUT2D eigenvalue weighted by atomic mass is 32.1. The molecule has 1 aromatic carbocycles. The first-order chi connectivity index (χ1) is 13.5. The summed E-state index contributed by atoms with van der Waals surface area (Å²) in [6.07, 6.45) is 3.29. The molecule has 1 aliphatic carbocycles. The minimum Gasteiger partial charge on any atom is -0.493 e. The number of carbonyl (C=O) groups is 1. The fraction of sp³-hybridized carbons (Fsp3) is 0.429. The molecule has 0 spiro atoms. The van der Waals surface area contributed by atoms with E-state index in [-0.39, 0.29) is 5.91 Å². The first-order valence-electron chi connectivity index (χ1n) is 9.23. The molecular weight excluding hydrogens is 376 g/mol. The molecule has 1 aromatic heterocycles. The van der Waals surface area contributed by atoms with E-state index in [9.17, 15) is 4.79 Å². The predicted octanol–water partition coefficient (Wildman–Crippen LogP) is 4.05. The average molecular weight is 403 g/mol. The van der Waals surface area contributed by atoms with Gasteiger partial charge in [-0.2, -0.15) is 5.10 Å². The van der Waals surface area contributed by atoms with E-state index >= 15 is 0 Å². The number of nitrogens with zero attached hydrogens (tertiary/aromatic N) is 1. The van der Waals surface area contributed by atoms with Crippen LogP contribution >= 0.6 is 11.3 Å². The molecule has 3 rings (SSSR count). The van der Waals surface area contributed by atoms with Crippen molar-refractivity contribution in [1.29, 1.82) is 0 Å². The van der Waals surface area contributed by atoms with Crippen molar-refractivity contribution in [2.45, 2.75) is 33.1 Å². The van der Waals surface area contributed by atoms with Crippen LogP contribution in [-0.4, -0.2) is 32.9 Å². The summed E-state index contributed by atoms with van der Waals surface area (Å²) < 4.78 is 16.1. The van der Waals surface area contributed by atoms with Gasteiger partial charge >= 0.3 is 0 Å². The van der Waals surface area contributed by atoms with Crippen LogP contribution in [0.5, 0.6) is 17.2 Å². The van der Waals surface area contributed by atoms with Gasteiger partial charge in [0, 0.05) is 10.4 Å². The third-order valence-corrected chi connectivity index (χ3v) is 6.20. The second-order valence-electron chi connectivity index (χ2n) is 6.96. The number of ether oxygens (including phenoxy) is 3. The molecule has 2 aromatic rings. The molecule has 1 heterocycles. The summed E-state index contributed by atoms with van der Waals surface area (Å²) in [7, 11) is 4.69. The Morgan fingerprint density at radius 1 is 1.14 bits per heavy atom. The van der Waals surface area contributed by atoms with Gasteiger partial charge in [-0.05, 0) is 55.9 Å². The highest BCUT2D eigenvalue weighted by Crippen LogP contribution is 2.38. The third-order valence-electron chi connectivity index (χ3n) is 4.96. The summed E-state index contributed by atoms with van der Waals surface area (Å²) in [5, 5.41) is 4.27. The number of fused-ring (bicyclic) bond motifs is 1. The lowest BCUT2D eigenvalue weighted by Gasteiger charge is -2.16. The van der Waals surface area contributed by atoms with Crippen molar-refractivity contribution < 1.29 is 19.0 Å². The molecule has 1 amide bonds. The van der Waals surface area contributed by atoms with Gasteiger partial charge in [-0.15, -0.1) is 11.3 Å². The lowest BCUT2D eigenvalue weighted by Crippen LogP contribution is -2.18. The van der Waals surface area contributed by atoms with E-state index in [2.05, 4.69) is 17.5 Å². The zero-order valence-electron chi connectivity index (χ0n) is 16.9. The van der Waals surface area contributed by atoms with Crippen molar-refractivity contribution >= 4 is 23.0 Å². The summed E-state index contributed by atoms with van der Waals surface area (Å²) in [4.78, 5) is 14.6. The highest BCUT2D eigenvalue weighted by Gasteiger charge is 2.21. The van der Waals surface area contributed by atoms with Crippen molar-refractivity contribution in [2.75, 3.05) is 21.3 Å². The minimum atomic E-state index is -0.182. The van der Waals surface area contributed by atoms with Crippen LogP contribution in [0.3, 0.4) is 0 Å². The minimum absolute atomic E-state index is 0.182. The van der Waals surface area contributed by atoms with Crippen molar-refractivity contribution in [3.8, 4) is 17.2 Å². The van der Waals surface area contributed by atoms with Gasteiger partial charge in [-0.3, -0.25) is 4.79 Å². The van der Waals surface area contributed by atoms with E-state index in [1.54, 1.807) is 44.8 Å². The van der Waals surface area contributed by atoms with Crippen LogP contribution in [0.15, 0.2) is 23.3 Å². The van der Waals surface area contributed by atoms with E-state index in [0.29, 0.717) is 33.8 Å². The molecule has 0 aliphatic heterocycles. The fourth-order valence-corrected chi connectivity index (χ4v) is 4.46. The van der Waals surface area contributed by atoms with Crippen LogP contribution in [-0.2, 0) is 12.8 Å². The van der Waals surface area contributed by atoms with Gasteiger partial charge in [0.2, 0.25) is 5.75 Å². The number of hydrogen-bond donors (Lipinski definition) is 1. The van der Waals surface area contributed by atoms with E-state index in [0.717, 1.165) is 18.4 Å². The molecule has 0 saturated heterocycles. The Morgan fingerprint density at radius 2 is 1.82 bits per heavy atom. The number of methoxy groups -OCH3 is 3. The molecule has 0 saturated carbocycles. The van der Waals surface area contributed by atoms with Crippen molar-refractivity contribution in [1.82, 2.24) is 5.43 Å². The Kier molecular flexibility index (Phi) is 6.24. The fourth-order valence-electron chi connectivity index (χ4n) is 3.36. The molecule has 6 nitrogen and oxygen atoms in total. The summed E-state index contributed by atoms with van der Waals surface area (Å²) >= 11 is 1.57. The lowest BCUT2D eigenvalue weighted by molar-refractivity contribution is 0.0959. The van der Waals surface area contributed by atoms with Crippen molar-refractivity contribution in [3.05, 3.63) is 39.1 Å². The van der Waals surface area contributed by atoms with Gasteiger partial charge in [-0.1, -0.05) is 6.92 Å². The normalized spacial score (nSPS) is 16.3. The molecule has 7 heteroatoms. The number of thiophene rings is 1. The Bertz CT molecular complexity index is 879. The second-order valence-corrected chi connectivity index (χ2v) is 8.10. The Hall–Kier alpha value is -2.54. The molecule has 0 radical (unpaired) electrons. The van der Waals surface area contributed by atoms with Crippen LogP contribution in [0.4, 0.5) is 0 Å². The number of carbonyl (C=O) groups excluding carboxylic acids is 1. The topological polar surface area (TPSA) is 69.2 Å². The zero-order valence-corrected chi connectivity index (χ0v) is 17.7. The average Bonchev–Trinajstić information content (AvgIpc) is 3.13. The quantitative estimate of drug-likeness (QED) is 0.585. The van der Waals surface area contributed by atoms with E-state index in [1.165, 1.54) is 16.9 Å². The molecule has 0 bridgehead atoms. The number of hydrogen-bond acceptors (Lipinski definition) is 6. The Balaban J connectivity index is 1.78. The monoisotopic (exact) mass is 402 g/mol. The molecule has 1 atom stereocenters. The van der Waals surface area contributed by atoms with E-state index in [4.69, 9.17) is 14.2 Å². The molecule has 0 fully saturated rings. The van der Waals surface area contributed by atoms with Gasteiger partial charge in [0.25, 0.3) is 5.91 Å². The standard InChI is InChI=1S/C21H26N2O4S/c1-12-6-7-18-15(8-12)11-19(28-18)21(24)23-22-13(2)14-9-16(25-3)20(27-5)17(10-14)26-4/h9-12H,6-8H2,1-5H3,(H,23,24)/b22-13+. The van der Waals surface area contributed by atoms with Crippen molar-refractivity contribution in [3.63, 3.8) is 0 Å². The summed E-state index contributed by atoms with van der Waals surface area (Å²) in [6, 6.07) is 5.62. The molecule has 150 valence electrons. The molecular formula is C21H26N2O4S. The number of aryl methyl sites for hydroxylation is 1. The van der Waals surface area contributed by atoms with E-state index in [1.807, 2.05) is 13.0 Å². The molecule has 1 aliphatic rings. The smallest absolute Gasteiger partial charge is 0.281 e. The lowest BCUT2D eigenvalue weighted by atomic mass is 9.90. The zero-order chi connectivity index (χ0) is 20.3. The maximum absolute atomic E-state index is 12.5. The maximum Gasteiger partial charge on any atom is 0.281 e. The molecule has 28 heavy (non-hydrogen) atoms. The van der Waals surface area contributed by atoms with Gasteiger partial charge < -0.3 is 14.2 Å². The van der Waals surface area contributed by atoms with Gasteiger partial charge in [0.05, 0.1) is 31.9 Å². The van der Waals surface area contributed by atoms with Gasteiger partial charge in [0.15, 0.2) is 11.5 Å². The maximum atomic E-state index is 12.5. The first-order valence-corrected chi connectivity index (χ1v) is 10.0. The summed E-state index contributed by atoms with van der Waals surface area (Å²) in [5.74, 6) is 2.09. The van der Waals surface area contributed by atoms with Crippen LogP contribution in [0.2, 0.25) is 0 Å². The molecule has 1 N–H and O–H groups in total. The second kappa shape index (κ2) is 8.65. The first kappa shape index (κ1) is 20.2. The van der Waals surface area contributed by atoms with Gasteiger partial charge in [-0.25, -0.2) is 5.43 Å². The SMILES string of the molecule is COc1cc(/C(C)=N/NC(=O)c2cc3c(s2)CCC(C)C3)cc(OC)c1OC. The summed E-state index contributed by atoms with van der Waals surface area (Å²) in [5.41, 5.74) is 5.39. The van der Waals surface area contributed by atoms with Crippen LogP contribution in [0, 0.1) is 5.92 Å². The highest BCUT2D eigenvalue weighted by molar-refractivity contribution is 7.14.